The van der Waals surface area contributed by atoms with E-state index in [1.165, 1.54) is 11.3 Å². The van der Waals surface area contributed by atoms with Gasteiger partial charge in [0.2, 0.25) is 0 Å². The number of rotatable bonds is 3. The molecule has 24 heavy (non-hydrogen) atoms. The molecule has 0 bridgehead atoms. The second kappa shape index (κ2) is 6.48. The molecular weight excluding hydrogens is 330 g/mol. The second-order valence-electron chi connectivity index (χ2n) is 5.23. The standard InChI is InChI=1S/C16H17N3O4S/c1-4-22-16(21)19-15-18-13(9(3)24-15)10-5-6-12-11(7-10)17-14(20)8(2)23-12/h5-8H,4H2,1-3H3,(H,17,20)(H,18,19,21). The van der Waals surface area contributed by atoms with Gasteiger partial charge in [-0.05, 0) is 39.0 Å². The lowest BCUT2D eigenvalue weighted by atomic mass is 10.1. The van der Waals surface area contributed by atoms with Gasteiger partial charge in [-0.2, -0.15) is 0 Å². The minimum Gasteiger partial charge on any atom is -0.479 e. The first-order valence-corrected chi connectivity index (χ1v) is 8.32. The van der Waals surface area contributed by atoms with E-state index in [0.717, 1.165) is 16.1 Å². The Bertz CT molecular complexity index is 803. The highest BCUT2D eigenvalue weighted by Gasteiger charge is 2.24. The smallest absolute Gasteiger partial charge is 0.413 e. The van der Waals surface area contributed by atoms with Crippen LogP contribution in [0.25, 0.3) is 11.3 Å². The van der Waals surface area contributed by atoms with E-state index in [1.807, 2.05) is 19.1 Å². The third-order valence-corrected chi connectivity index (χ3v) is 4.35. The second-order valence-corrected chi connectivity index (χ2v) is 6.43. The molecule has 1 aliphatic heterocycles. The quantitative estimate of drug-likeness (QED) is 0.888. The Morgan fingerprint density at radius 2 is 2.29 bits per heavy atom. The molecule has 0 aliphatic carbocycles. The van der Waals surface area contributed by atoms with E-state index in [2.05, 4.69) is 15.6 Å². The highest BCUT2D eigenvalue weighted by Crippen LogP contribution is 2.36. The van der Waals surface area contributed by atoms with Crippen molar-refractivity contribution >= 4 is 34.2 Å². The van der Waals surface area contributed by atoms with Crippen molar-refractivity contribution in [3.63, 3.8) is 0 Å². The molecule has 0 spiro atoms. The number of nitrogens with zero attached hydrogens (tertiary/aromatic N) is 1. The summed E-state index contributed by atoms with van der Waals surface area (Å²) < 4.78 is 10.4. The number of aryl methyl sites for hydroxylation is 1. The molecule has 2 amide bonds. The van der Waals surface area contributed by atoms with Crippen molar-refractivity contribution in [1.29, 1.82) is 0 Å². The van der Waals surface area contributed by atoms with Gasteiger partial charge in [0.15, 0.2) is 11.2 Å². The summed E-state index contributed by atoms with van der Waals surface area (Å²) in [5, 5.41) is 5.88. The number of hydrogen-bond acceptors (Lipinski definition) is 6. The summed E-state index contributed by atoms with van der Waals surface area (Å²) in [6, 6.07) is 5.49. The van der Waals surface area contributed by atoms with Crippen LogP contribution in [-0.2, 0) is 9.53 Å². The van der Waals surface area contributed by atoms with Gasteiger partial charge in [-0.25, -0.2) is 9.78 Å². The molecule has 2 N–H and O–H groups in total. The van der Waals surface area contributed by atoms with Crippen LogP contribution in [0.15, 0.2) is 18.2 Å². The van der Waals surface area contributed by atoms with E-state index >= 15 is 0 Å². The van der Waals surface area contributed by atoms with E-state index in [1.54, 1.807) is 19.9 Å². The Morgan fingerprint density at radius 1 is 1.50 bits per heavy atom. The number of aromatic nitrogens is 1. The number of amides is 2. The van der Waals surface area contributed by atoms with Gasteiger partial charge in [0.25, 0.3) is 5.91 Å². The number of nitrogens with one attached hydrogen (secondary N) is 2. The minimum atomic E-state index is -0.530. The SMILES string of the molecule is CCOC(=O)Nc1nc(-c2ccc3c(c2)NC(=O)C(C)O3)c(C)s1. The lowest BCUT2D eigenvalue weighted by Crippen LogP contribution is -2.34. The predicted molar refractivity (Wildman–Crippen MR) is 91.7 cm³/mol. The Balaban J connectivity index is 1.87. The number of benzene rings is 1. The van der Waals surface area contributed by atoms with Crippen molar-refractivity contribution in [2.75, 3.05) is 17.2 Å². The maximum absolute atomic E-state index is 11.7. The summed E-state index contributed by atoms with van der Waals surface area (Å²) in [4.78, 5) is 28.6. The average molecular weight is 347 g/mol. The molecule has 1 aromatic carbocycles. The molecule has 1 atom stereocenters. The van der Waals surface area contributed by atoms with E-state index in [0.29, 0.717) is 23.2 Å². The number of carbonyl (C=O) groups is 2. The lowest BCUT2D eigenvalue weighted by Gasteiger charge is -2.23. The normalized spacial score (nSPS) is 16.0. The maximum Gasteiger partial charge on any atom is 0.413 e. The molecule has 7 nitrogen and oxygen atoms in total. The first kappa shape index (κ1) is 16.3. The van der Waals surface area contributed by atoms with Crippen molar-refractivity contribution in [2.45, 2.75) is 26.9 Å². The zero-order valence-electron chi connectivity index (χ0n) is 13.5. The van der Waals surface area contributed by atoms with Crippen molar-refractivity contribution < 1.29 is 19.1 Å². The third kappa shape index (κ3) is 3.18. The van der Waals surface area contributed by atoms with Crippen molar-refractivity contribution in [3.8, 4) is 17.0 Å². The molecule has 1 aliphatic rings. The van der Waals surface area contributed by atoms with Crippen LogP contribution >= 0.6 is 11.3 Å². The molecule has 2 heterocycles. The molecule has 126 valence electrons. The summed E-state index contributed by atoms with van der Waals surface area (Å²) in [5.41, 5.74) is 2.18. The fraction of sp³-hybridized carbons (Fsp3) is 0.312. The zero-order valence-corrected chi connectivity index (χ0v) is 14.3. The van der Waals surface area contributed by atoms with Gasteiger partial charge >= 0.3 is 6.09 Å². The maximum atomic E-state index is 11.7. The first-order valence-electron chi connectivity index (χ1n) is 7.51. The van der Waals surface area contributed by atoms with Gasteiger partial charge in [0.05, 0.1) is 18.0 Å². The average Bonchev–Trinajstić information content (AvgIpc) is 2.88. The molecule has 1 unspecified atom stereocenters. The molecule has 0 fully saturated rings. The molecule has 3 rings (SSSR count). The number of hydrogen-bond donors (Lipinski definition) is 2. The van der Waals surface area contributed by atoms with Gasteiger partial charge in [-0.3, -0.25) is 10.1 Å². The lowest BCUT2D eigenvalue weighted by molar-refractivity contribution is -0.122. The van der Waals surface area contributed by atoms with E-state index < -0.39 is 12.2 Å². The summed E-state index contributed by atoms with van der Waals surface area (Å²) in [6.07, 6.45) is -1.04. The summed E-state index contributed by atoms with van der Waals surface area (Å²) in [6.45, 7) is 5.65. The van der Waals surface area contributed by atoms with Crippen LogP contribution in [0.3, 0.4) is 0 Å². The highest BCUT2D eigenvalue weighted by atomic mass is 32.1. The van der Waals surface area contributed by atoms with Crippen molar-refractivity contribution in [2.24, 2.45) is 0 Å². The minimum absolute atomic E-state index is 0.181. The fourth-order valence-corrected chi connectivity index (χ4v) is 3.15. The molecule has 2 aromatic rings. The first-order chi connectivity index (χ1) is 11.5. The fourth-order valence-electron chi connectivity index (χ4n) is 2.33. The molecule has 1 aromatic heterocycles. The Kier molecular flexibility index (Phi) is 4.39. The molecular formula is C16H17N3O4S. The number of anilines is 2. The largest absolute Gasteiger partial charge is 0.479 e. The topological polar surface area (TPSA) is 89.5 Å². The van der Waals surface area contributed by atoms with E-state index in [4.69, 9.17) is 9.47 Å². The van der Waals surface area contributed by atoms with E-state index in [-0.39, 0.29) is 5.91 Å². The third-order valence-electron chi connectivity index (χ3n) is 3.46. The van der Waals surface area contributed by atoms with Crippen molar-refractivity contribution in [1.82, 2.24) is 4.98 Å². The predicted octanol–water partition coefficient (Wildman–Crippen LogP) is 3.41. The van der Waals surface area contributed by atoms with Crippen LogP contribution in [0, 0.1) is 6.92 Å². The monoisotopic (exact) mass is 347 g/mol. The number of ether oxygens (including phenoxy) is 2. The number of thiazole rings is 1. The Hall–Kier alpha value is -2.61. The van der Waals surface area contributed by atoms with Crippen LogP contribution in [-0.4, -0.2) is 29.7 Å². The van der Waals surface area contributed by atoms with Gasteiger partial charge in [-0.15, -0.1) is 11.3 Å². The van der Waals surface area contributed by atoms with Crippen LogP contribution in [0.4, 0.5) is 15.6 Å². The highest BCUT2D eigenvalue weighted by molar-refractivity contribution is 7.16. The van der Waals surface area contributed by atoms with Crippen molar-refractivity contribution in [3.05, 3.63) is 23.1 Å². The Labute approximate surface area is 143 Å². The summed E-state index contributed by atoms with van der Waals surface area (Å²) in [5.74, 6) is 0.447. The van der Waals surface area contributed by atoms with Gasteiger partial charge in [-0.1, -0.05) is 0 Å². The molecule has 0 saturated heterocycles. The zero-order chi connectivity index (χ0) is 17.3. The van der Waals surface area contributed by atoms with Gasteiger partial charge < -0.3 is 14.8 Å². The number of carbonyl (C=O) groups excluding carboxylic acids is 2. The van der Waals surface area contributed by atoms with Crippen LogP contribution in [0.2, 0.25) is 0 Å². The van der Waals surface area contributed by atoms with Gasteiger partial charge in [0, 0.05) is 10.4 Å². The van der Waals surface area contributed by atoms with E-state index in [9.17, 15) is 9.59 Å². The number of fused-ring (bicyclic) bond motifs is 1. The summed E-state index contributed by atoms with van der Waals surface area (Å²) in [7, 11) is 0. The molecule has 0 radical (unpaired) electrons. The molecule has 0 saturated carbocycles. The summed E-state index contributed by atoms with van der Waals surface area (Å²) >= 11 is 1.36. The van der Waals surface area contributed by atoms with Crippen LogP contribution in [0.5, 0.6) is 5.75 Å². The van der Waals surface area contributed by atoms with Crippen LogP contribution in [0.1, 0.15) is 18.7 Å². The Morgan fingerprint density at radius 3 is 3.04 bits per heavy atom. The van der Waals surface area contributed by atoms with Gasteiger partial charge in [0.1, 0.15) is 5.75 Å². The molecule has 8 heteroatoms. The van der Waals surface area contributed by atoms with Crippen LogP contribution < -0.4 is 15.4 Å².